The molecule has 0 spiro atoms. The highest BCUT2D eigenvalue weighted by atomic mass is 35.5. The van der Waals surface area contributed by atoms with Gasteiger partial charge in [-0.2, -0.15) is 0 Å². The van der Waals surface area contributed by atoms with Crippen molar-refractivity contribution in [1.29, 1.82) is 0 Å². The molecule has 1 aliphatic heterocycles. The van der Waals surface area contributed by atoms with E-state index < -0.39 is 40.2 Å². The maximum atomic E-state index is 14.0. The van der Waals surface area contributed by atoms with Crippen molar-refractivity contribution in [3.63, 3.8) is 0 Å². The molecule has 4 rings (SSSR count). The standard InChI is InChI=1S/C28H29ClFN3O6S/c1-3-24(28(35)31-2)32(17-19-6-4-5-7-23(19)29)27(34)18-33(21-10-8-20(30)9-11-21)40(36,37)22-12-13-25-26(16-22)39-15-14-38-25/h4-13,16,24H,3,14-15,17-18H2,1-2H3,(H,31,35)/t24-/m1/s1. The highest BCUT2D eigenvalue weighted by Gasteiger charge is 2.34. The molecular weight excluding hydrogens is 561 g/mol. The second kappa shape index (κ2) is 12.6. The highest BCUT2D eigenvalue weighted by Crippen LogP contribution is 2.34. The Morgan fingerprint density at radius 1 is 1.02 bits per heavy atom. The molecule has 2 amide bonds. The van der Waals surface area contributed by atoms with Crippen LogP contribution in [0.15, 0.2) is 71.6 Å². The van der Waals surface area contributed by atoms with Crippen molar-refractivity contribution in [3.8, 4) is 11.5 Å². The monoisotopic (exact) mass is 589 g/mol. The molecule has 0 fully saturated rings. The zero-order valence-corrected chi connectivity index (χ0v) is 23.5. The Morgan fingerprint density at radius 3 is 2.35 bits per heavy atom. The predicted molar refractivity (Wildman–Crippen MR) is 149 cm³/mol. The van der Waals surface area contributed by atoms with Crippen molar-refractivity contribution in [2.24, 2.45) is 0 Å². The first kappa shape index (κ1) is 29.2. The Kier molecular flexibility index (Phi) is 9.16. The first-order chi connectivity index (χ1) is 19.1. The molecule has 0 aromatic heterocycles. The van der Waals surface area contributed by atoms with Crippen molar-refractivity contribution in [1.82, 2.24) is 10.2 Å². The highest BCUT2D eigenvalue weighted by molar-refractivity contribution is 7.92. The van der Waals surface area contributed by atoms with Crippen LogP contribution < -0.4 is 19.1 Å². The summed E-state index contributed by atoms with van der Waals surface area (Å²) in [6.45, 7) is 1.63. The number of sulfonamides is 1. The molecule has 1 heterocycles. The van der Waals surface area contributed by atoms with Gasteiger partial charge in [0.15, 0.2) is 11.5 Å². The van der Waals surface area contributed by atoms with E-state index in [-0.39, 0.29) is 35.9 Å². The zero-order chi connectivity index (χ0) is 28.9. The summed E-state index contributed by atoms with van der Waals surface area (Å²) in [6, 6.07) is 14.9. The van der Waals surface area contributed by atoms with Crippen molar-refractivity contribution >= 4 is 39.1 Å². The predicted octanol–water partition coefficient (Wildman–Crippen LogP) is 4.00. The lowest BCUT2D eigenvalue weighted by molar-refractivity contribution is -0.140. The smallest absolute Gasteiger partial charge is 0.264 e. The van der Waals surface area contributed by atoms with Crippen LogP contribution in [0.1, 0.15) is 18.9 Å². The Bertz CT molecular complexity index is 1490. The molecule has 0 aliphatic carbocycles. The number of carbonyl (C=O) groups excluding carboxylic acids is 2. The van der Waals surface area contributed by atoms with Crippen LogP contribution in [-0.2, 0) is 26.2 Å². The molecule has 0 bridgehead atoms. The van der Waals surface area contributed by atoms with Crippen molar-refractivity contribution in [2.75, 3.05) is 31.1 Å². The number of fused-ring (bicyclic) bond motifs is 1. The quantitative estimate of drug-likeness (QED) is 0.383. The minimum atomic E-state index is -4.37. The van der Waals surface area contributed by atoms with E-state index in [2.05, 4.69) is 5.32 Å². The van der Waals surface area contributed by atoms with Crippen LogP contribution in [0, 0.1) is 5.82 Å². The van der Waals surface area contributed by atoms with Gasteiger partial charge in [0.25, 0.3) is 10.0 Å². The van der Waals surface area contributed by atoms with Gasteiger partial charge in [0.1, 0.15) is 31.6 Å². The number of hydrogen-bond acceptors (Lipinski definition) is 6. The molecule has 212 valence electrons. The van der Waals surface area contributed by atoms with Gasteiger partial charge in [-0.1, -0.05) is 36.7 Å². The van der Waals surface area contributed by atoms with E-state index in [1.165, 1.54) is 42.3 Å². The first-order valence-electron chi connectivity index (χ1n) is 12.6. The van der Waals surface area contributed by atoms with Crippen LogP contribution in [-0.4, -0.2) is 58.0 Å². The van der Waals surface area contributed by atoms with E-state index in [1.807, 2.05) is 0 Å². The van der Waals surface area contributed by atoms with Gasteiger partial charge >= 0.3 is 0 Å². The van der Waals surface area contributed by atoms with Gasteiger partial charge < -0.3 is 19.7 Å². The minimum Gasteiger partial charge on any atom is -0.486 e. The summed E-state index contributed by atoms with van der Waals surface area (Å²) >= 11 is 6.36. The molecule has 1 aliphatic rings. The van der Waals surface area contributed by atoms with Gasteiger partial charge in [0.05, 0.1) is 10.6 Å². The molecular formula is C28H29ClFN3O6S. The largest absolute Gasteiger partial charge is 0.486 e. The lowest BCUT2D eigenvalue weighted by Crippen LogP contribution is -2.51. The molecule has 0 radical (unpaired) electrons. The van der Waals surface area contributed by atoms with Crippen LogP contribution >= 0.6 is 11.6 Å². The van der Waals surface area contributed by atoms with Crippen molar-refractivity contribution in [3.05, 3.63) is 83.1 Å². The number of ether oxygens (including phenoxy) is 2. The fourth-order valence-corrected chi connectivity index (χ4v) is 5.97. The number of nitrogens with one attached hydrogen (secondary N) is 1. The minimum absolute atomic E-state index is 0.0359. The molecule has 0 saturated carbocycles. The van der Waals surface area contributed by atoms with E-state index >= 15 is 0 Å². The van der Waals surface area contributed by atoms with Crippen LogP contribution in [0.5, 0.6) is 11.5 Å². The van der Waals surface area contributed by atoms with E-state index in [4.69, 9.17) is 21.1 Å². The molecule has 0 saturated heterocycles. The number of carbonyl (C=O) groups is 2. The fourth-order valence-electron chi connectivity index (χ4n) is 4.34. The molecule has 0 unspecified atom stereocenters. The van der Waals surface area contributed by atoms with E-state index in [9.17, 15) is 22.4 Å². The van der Waals surface area contributed by atoms with Gasteiger partial charge in [-0.15, -0.1) is 0 Å². The number of rotatable bonds is 10. The molecule has 1 N–H and O–H groups in total. The van der Waals surface area contributed by atoms with Gasteiger partial charge in [-0.3, -0.25) is 13.9 Å². The third-order valence-electron chi connectivity index (χ3n) is 6.43. The Morgan fingerprint density at radius 2 is 1.70 bits per heavy atom. The summed E-state index contributed by atoms with van der Waals surface area (Å²) in [7, 11) is -2.91. The second-order valence-electron chi connectivity index (χ2n) is 8.94. The summed E-state index contributed by atoms with van der Waals surface area (Å²) in [5, 5.41) is 2.96. The average molecular weight is 590 g/mol. The number of nitrogens with zero attached hydrogens (tertiary/aromatic N) is 2. The van der Waals surface area contributed by atoms with Crippen molar-refractivity contribution in [2.45, 2.75) is 30.8 Å². The summed E-state index contributed by atoms with van der Waals surface area (Å²) in [6.07, 6.45) is 0.265. The van der Waals surface area contributed by atoms with Crippen LogP contribution in [0.2, 0.25) is 5.02 Å². The first-order valence-corrected chi connectivity index (χ1v) is 14.4. The van der Waals surface area contributed by atoms with Gasteiger partial charge in [-0.05, 0) is 54.4 Å². The van der Waals surface area contributed by atoms with E-state index in [0.717, 1.165) is 16.4 Å². The maximum Gasteiger partial charge on any atom is 0.264 e. The Labute approximate surface area is 237 Å². The number of likely N-dealkylation sites (N-methyl/N-ethyl adjacent to an activating group) is 1. The Hall–Kier alpha value is -3.83. The van der Waals surface area contributed by atoms with Crippen LogP contribution in [0.4, 0.5) is 10.1 Å². The van der Waals surface area contributed by atoms with Crippen molar-refractivity contribution < 1.29 is 31.9 Å². The number of hydrogen-bond donors (Lipinski definition) is 1. The third-order valence-corrected chi connectivity index (χ3v) is 8.56. The molecule has 12 heteroatoms. The summed E-state index contributed by atoms with van der Waals surface area (Å²) < 4.78 is 53.7. The lowest BCUT2D eigenvalue weighted by Gasteiger charge is -2.33. The summed E-state index contributed by atoms with van der Waals surface area (Å²) in [5.74, 6) is -0.981. The average Bonchev–Trinajstić information content (AvgIpc) is 2.96. The Balaban J connectivity index is 1.75. The molecule has 3 aromatic carbocycles. The maximum absolute atomic E-state index is 14.0. The molecule has 40 heavy (non-hydrogen) atoms. The zero-order valence-electron chi connectivity index (χ0n) is 22.0. The topological polar surface area (TPSA) is 105 Å². The fraction of sp³-hybridized carbons (Fsp3) is 0.286. The summed E-state index contributed by atoms with van der Waals surface area (Å²) in [5.41, 5.74) is 0.651. The number of amides is 2. The van der Waals surface area contributed by atoms with E-state index in [1.54, 1.807) is 31.2 Å². The number of anilines is 1. The SMILES string of the molecule is CC[C@H](C(=O)NC)N(Cc1ccccc1Cl)C(=O)CN(c1ccc(F)cc1)S(=O)(=O)c1ccc2c(c1)OCCO2. The number of benzene rings is 3. The third kappa shape index (κ3) is 6.31. The van der Waals surface area contributed by atoms with Gasteiger partial charge in [-0.25, -0.2) is 12.8 Å². The van der Waals surface area contributed by atoms with E-state index in [0.29, 0.717) is 22.9 Å². The number of halogens is 2. The summed E-state index contributed by atoms with van der Waals surface area (Å²) in [4.78, 5) is 27.8. The molecule has 1 atom stereocenters. The lowest BCUT2D eigenvalue weighted by atomic mass is 10.1. The molecule has 3 aromatic rings. The normalized spacial score (nSPS) is 13.3. The van der Waals surface area contributed by atoms with Crippen LogP contribution in [0.3, 0.4) is 0 Å². The van der Waals surface area contributed by atoms with Crippen LogP contribution in [0.25, 0.3) is 0 Å². The molecule has 9 nitrogen and oxygen atoms in total. The second-order valence-corrected chi connectivity index (χ2v) is 11.2. The van der Waals surface area contributed by atoms with Gasteiger partial charge in [0, 0.05) is 24.7 Å². The van der Waals surface area contributed by atoms with Gasteiger partial charge in [0.2, 0.25) is 11.8 Å².